The quantitative estimate of drug-likeness (QED) is 0.781. The molecule has 7 heteroatoms. The summed E-state index contributed by atoms with van der Waals surface area (Å²) in [5, 5.41) is 0. The molecular formula is C20H26N4O3. The van der Waals surface area contributed by atoms with Gasteiger partial charge < -0.3 is 19.1 Å². The van der Waals surface area contributed by atoms with E-state index < -0.39 is 0 Å². The zero-order valence-corrected chi connectivity index (χ0v) is 15.9. The van der Waals surface area contributed by atoms with Crippen LogP contribution in [0.2, 0.25) is 0 Å². The van der Waals surface area contributed by atoms with Gasteiger partial charge in [0.25, 0.3) is 11.8 Å². The third-order valence-electron chi connectivity index (χ3n) is 4.81. The Morgan fingerprint density at radius 2 is 2.00 bits per heavy atom. The van der Waals surface area contributed by atoms with E-state index >= 15 is 0 Å². The molecule has 1 aliphatic heterocycles. The topological polar surface area (TPSA) is 69.9 Å². The normalized spacial score (nSPS) is 14.3. The van der Waals surface area contributed by atoms with E-state index in [0.717, 1.165) is 25.2 Å². The van der Waals surface area contributed by atoms with Crippen molar-refractivity contribution in [2.45, 2.75) is 19.8 Å². The van der Waals surface area contributed by atoms with Gasteiger partial charge in [-0.05, 0) is 30.7 Å². The summed E-state index contributed by atoms with van der Waals surface area (Å²) in [5.74, 6) is 1.06. The van der Waals surface area contributed by atoms with Crippen LogP contribution < -0.4 is 4.90 Å². The van der Waals surface area contributed by atoms with Gasteiger partial charge in [0.05, 0.1) is 6.26 Å². The van der Waals surface area contributed by atoms with Crippen molar-refractivity contribution in [2.75, 3.05) is 44.7 Å². The van der Waals surface area contributed by atoms with Gasteiger partial charge in [0, 0.05) is 51.5 Å². The maximum atomic E-state index is 12.6. The minimum atomic E-state index is -0.0888. The predicted molar refractivity (Wildman–Crippen MR) is 103 cm³/mol. The van der Waals surface area contributed by atoms with Crippen LogP contribution in [0.5, 0.6) is 0 Å². The van der Waals surface area contributed by atoms with Crippen LogP contribution in [0.3, 0.4) is 0 Å². The smallest absolute Gasteiger partial charge is 0.289 e. The van der Waals surface area contributed by atoms with E-state index in [0.29, 0.717) is 37.5 Å². The van der Waals surface area contributed by atoms with Crippen molar-refractivity contribution in [1.82, 2.24) is 14.8 Å². The second-order valence-corrected chi connectivity index (χ2v) is 6.74. The van der Waals surface area contributed by atoms with Crippen LogP contribution in [-0.2, 0) is 0 Å². The molecule has 0 aromatic carbocycles. The highest BCUT2D eigenvalue weighted by molar-refractivity contribution is 5.94. The van der Waals surface area contributed by atoms with Crippen molar-refractivity contribution in [3.05, 3.63) is 48.0 Å². The van der Waals surface area contributed by atoms with Gasteiger partial charge in [0.2, 0.25) is 0 Å². The third kappa shape index (κ3) is 4.48. The lowest BCUT2D eigenvalue weighted by atomic mass is 10.2. The van der Waals surface area contributed by atoms with Gasteiger partial charge in [0.15, 0.2) is 5.76 Å². The molecule has 7 nitrogen and oxygen atoms in total. The van der Waals surface area contributed by atoms with Crippen molar-refractivity contribution < 1.29 is 14.0 Å². The summed E-state index contributed by atoms with van der Waals surface area (Å²) < 4.78 is 5.19. The van der Waals surface area contributed by atoms with Crippen LogP contribution in [0.1, 0.15) is 40.7 Å². The van der Waals surface area contributed by atoms with Crippen molar-refractivity contribution in [2.24, 2.45) is 0 Å². The van der Waals surface area contributed by atoms with Gasteiger partial charge >= 0.3 is 0 Å². The fourth-order valence-corrected chi connectivity index (χ4v) is 3.14. The molecule has 2 amide bonds. The first-order chi connectivity index (χ1) is 13.1. The summed E-state index contributed by atoms with van der Waals surface area (Å²) in [6, 6.07) is 6.99. The molecule has 2 aromatic heterocycles. The predicted octanol–water partition coefficient (Wildman–Crippen LogP) is 2.51. The number of anilines is 1. The first-order valence-electron chi connectivity index (χ1n) is 9.39. The number of piperazine rings is 1. The van der Waals surface area contributed by atoms with Crippen LogP contribution >= 0.6 is 0 Å². The molecule has 0 aliphatic carbocycles. The van der Waals surface area contributed by atoms with Gasteiger partial charge in [0.1, 0.15) is 5.82 Å². The molecule has 3 rings (SSSR count). The Morgan fingerprint density at radius 1 is 1.22 bits per heavy atom. The first kappa shape index (κ1) is 18.9. The number of carbonyl (C=O) groups is 2. The molecule has 0 saturated carbocycles. The molecule has 0 N–H and O–H groups in total. The molecule has 3 heterocycles. The highest BCUT2D eigenvalue weighted by Crippen LogP contribution is 2.17. The van der Waals surface area contributed by atoms with Crippen molar-refractivity contribution in [3.8, 4) is 0 Å². The number of rotatable bonds is 6. The molecule has 1 saturated heterocycles. The van der Waals surface area contributed by atoms with E-state index in [2.05, 4.69) is 16.8 Å². The minimum absolute atomic E-state index is 0.0127. The molecule has 1 aliphatic rings. The Labute approximate surface area is 159 Å². The number of nitrogens with zero attached hydrogens (tertiary/aromatic N) is 4. The molecule has 0 atom stereocenters. The van der Waals surface area contributed by atoms with Gasteiger partial charge in [-0.25, -0.2) is 4.98 Å². The van der Waals surface area contributed by atoms with Crippen LogP contribution in [0, 0.1) is 0 Å². The van der Waals surface area contributed by atoms with E-state index in [1.165, 1.54) is 6.26 Å². The van der Waals surface area contributed by atoms with Gasteiger partial charge in [-0.1, -0.05) is 13.3 Å². The lowest BCUT2D eigenvalue weighted by Gasteiger charge is -2.35. The van der Waals surface area contributed by atoms with Gasteiger partial charge in [-0.3, -0.25) is 9.59 Å². The number of amides is 2. The molecule has 0 unspecified atom stereocenters. The lowest BCUT2D eigenvalue weighted by Crippen LogP contribution is -2.49. The highest BCUT2D eigenvalue weighted by atomic mass is 16.3. The van der Waals surface area contributed by atoms with E-state index in [4.69, 9.17) is 4.42 Å². The van der Waals surface area contributed by atoms with E-state index in [9.17, 15) is 9.59 Å². The zero-order valence-electron chi connectivity index (χ0n) is 15.9. The summed E-state index contributed by atoms with van der Waals surface area (Å²) in [7, 11) is 1.83. The second-order valence-electron chi connectivity index (χ2n) is 6.74. The van der Waals surface area contributed by atoms with E-state index in [-0.39, 0.29) is 11.8 Å². The maximum absolute atomic E-state index is 12.6. The molecule has 144 valence electrons. The van der Waals surface area contributed by atoms with Crippen LogP contribution in [0.4, 0.5) is 5.82 Å². The third-order valence-corrected chi connectivity index (χ3v) is 4.81. The Morgan fingerprint density at radius 3 is 2.67 bits per heavy atom. The molecule has 0 bridgehead atoms. The summed E-state index contributed by atoms with van der Waals surface area (Å²) in [6.07, 6.45) is 5.23. The van der Waals surface area contributed by atoms with E-state index in [1.54, 1.807) is 34.2 Å². The molecular weight excluding hydrogens is 344 g/mol. The number of carbonyl (C=O) groups excluding carboxylic acids is 2. The van der Waals surface area contributed by atoms with Crippen molar-refractivity contribution in [1.29, 1.82) is 0 Å². The van der Waals surface area contributed by atoms with Crippen molar-refractivity contribution >= 4 is 17.6 Å². The number of unbranched alkanes of at least 4 members (excludes halogenated alkanes) is 1. The van der Waals surface area contributed by atoms with Gasteiger partial charge in [-0.15, -0.1) is 0 Å². The van der Waals surface area contributed by atoms with Crippen LogP contribution in [-0.4, -0.2) is 66.4 Å². The monoisotopic (exact) mass is 370 g/mol. The average Bonchev–Trinajstić information content (AvgIpc) is 3.26. The molecule has 1 fully saturated rings. The largest absolute Gasteiger partial charge is 0.459 e. The second kappa shape index (κ2) is 8.70. The highest BCUT2D eigenvalue weighted by Gasteiger charge is 2.24. The fourth-order valence-electron chi connectivity index (χ4n) is 3.14. The van der Waals surface area contributed by atoms with Crippen molar-refractivity contribution in [3.63, 3.8) is 0 Å². The molecule has 0 spiro atoms. The Kier molecular flexibility index (Phi) is 6.11. The number of furan rings is 1. The lowest BCUT2D eigenvalue weighted by molar-refractivity contribution is 0.0714. The van der Waals surface area contributed by atoms with Crippen LogP contribution in [0.25, 0.3) is 0 Å². The molecule has 2 aromatic rings. The van der Waals surface area contributed by atoms with Gasteiger partial charge in [-0.2, -0.15) is 0 Å². The number of aromatic nitrogens is 1. The average molecular weight is 370 g/mol. The minimum Gasteiger partial charge on any atom is -0.459 e. The zero-order chi connectivity index (χ0) is 19.2. The van der Waals surface area contributed by atoms with E-state index in [1.807, 2.05) is 13.1 Å². The summed E-state index contributed by atoms with van der Waals surface area (Å²) in [6.45, 7) is 5.39. The Balaban J connectivity index is 1.61. The van der Waals surface area contributed by atoms with Crippen LogP contribution in [0.15, 0.2) is 41.1 Å². The maximum Gasteiger partial charge on any atom is 0.289 e. The first-order valence-corrected chi connectivity index (χ1v) is 9.39. The molecule has 0 radical (unpaired) electrons. The Bertz CT molecular complexity index is 767. The standard InChI is InChI=1S/C20H26N4O3/c1-3-4-9-22(2)19(25)16-7-8-21-18(15-16)23-10-12-24(13-11-23)20(26)17-6-5-14-27-17/h5-8,14-15H,3-4,9-13H2,1-2H3. The number of hydrogen-bond acceptors (Lipinski definition) is 5. The summed E-state index contributed by atoms with van der Waals surface area (Å²) in [4.78, 5) is 35.0. The summed E-state index contributed by atoms with van der Waals surface area (Å²) >= 11 is 0. The fraction of sp³-hybridized carbons (Fsp3) is 0.450. The SMILES string of the molecule is CCCCN(C)C(=O)c1ccnc(N2CCN(C(=O)c3ccco3)CC2)c1. The number of hydrogen-bond donors (Lipinski definition) is 0. The Hall–Kier alpha value is -2.83. The number of pyridine rings is 1. The molecule has 27 heavy (non-hydrogen) atoms. The summed E-state index contributed by atoms with van der Waals surface area (Å²) in [5.41, 5.74) is 0.646.